The highest BCUT2D eigenvalue weighted by molar-refractivity contribution is 5.82. The van der Waals surface area contributed by atoms with Crippen LogP contribution >= 0.6 is 0 Å². The number of carbonyl (C=O) groups is 1. The van der Waals surface area contributed by atoms with Gasteiger partial charge in [-0.05, 0) is 37.9 Å². The highest BCUT2D eigenvalue weighted by atomic mass is 16.2. The molecule has 0 aromatic heterocycles. The number of nitrogens with zero attached hydrogens (tertiary/aromatic N) is 2. The van der Waals surface area contributed by atoms with Crippen LogP contribution in [0.25, 0.3) is 0 Å². The number of benzene rings is 1. The maximum Gasteiger partial charge on any atom is 0.242 e. The third-order valence-electron chi connectivity index (χ3n) is 4.49. The van der Waals surface area contributed by atoms with Crippen LogP contribution in [0.15, 0.2) is 24.3 Å². The maximum absolute atomic E-state index is 12.5. The Balaban J connectivity index is 1.62. The minimum atomic E-state index is 0.265. The number of rotatable bonds is 3. The van der Waals surface area contributed by atoms with Gasteiger partial charge in [0.25, 0.3) is 0 Å². The summed E-state index contributed by atoms with van der Waals surface area (Å²) in [4.78, 5) is 16.7. The Morgan fingerprint density at radius 3 is 3.05 bits per heavy atom. The number of likely N-dealkylation sites (N-methyl/N-ethyl adjacent to an activating group) is 1. The first-order valence-electron chi connectivity index (χ1n) is 7.56. The van der Waals surface area contributed by atoms with Crippen molar-refractivity contribution in [1.29, 1.82) is 0 Å². The number of fused-ring (bicyclic) bond motifs is 1. The van der Waals surface area contributed by atoms with Crippen LogP contribution in [-0.2, 0) is 11.2 Å². The molecule has 4 heteroatoms. The summed E-state index contributed by atoms with van der Waals surface area (Å²) in [7, 11) is 1.98. The van der Waals surface area contributed by atoms with Gasteiger partial charge in [0.2, 0.25) is 5.91 Å². The second-order valence-electron chi connectivity index (χ2n) is 5.77. The summed E-state index contributed by atoms with van der Waals surface area (Å²) in [5.41, 5.74) is 2.61. The average molecular weight is 273 g/mol. The number of hydrogen-bond donors (Lipinski definition) is 1. The van der Waals surface area contributed by atoms with Crippen LogP contribution in [0.5, 0.6) is 0 Å². The molecule has 2 aliphatic heterocycles. The summed E-state index contributed by atoms with van der Waals surface area (Å²) in [5.74, 6) is 0.265. The minimum Gasteiger partial charge on any atom is -0.362 e. The first-order valence-corrected chi connectivity index (χ1v) is 7.56. The van der Waals surface area contributed by atoms with Crippen molar-refractivity contribution >= 4 is 11.6 Å². The highest BCUT2D eigenvalue weighted by Gasteiger charge is 2.26. The first-order chi connectivity index (χ1) is 9.78. The zero-order chi connectivity index (χ0) is 13.9. The van der Waals surface area contributed by atoms with Crippen molar-refractivity contribution in [3.63, 3.8) is 0 Å². The van der Waals surface area contributed by atoms with Crippen molar-refractivity contribution in [2.75, 3.05) is 38.1 Å². The van der Waals surface area contributed by atoms with E-state index in [1.54, 1.807) is 0 Å². The summed E-state index contributed by atoms with van der Waals surface area (Å²) >= 11 is 0. The molecule has 1 unspecified atom stereocenters. The summed E-state index contributed by atoms with van der Waals surface area (Å²) in [6.07, 6.45) is 3.34. The molecule has 1 amide bonds. The van der Waals surface area contributed by atoms with Gasteiger partial charge < -0.3 is 15.1 Å². The van der Waals surface area contributed by atoms with E-state index >= 15 is 0 Å². The number of anilines is 1. The molecular weight excluding hydrogens is 250 g/mol. The Kier molecular flexibility index (Phi) is 3.92. The van der Waals surface area contributed by atoms with E-state index in [4.69, 9.17) is 0 Å². The van der Waals surface area contributed by atoms with Crippen LogP contribution in [0.4, 0.5) is 5.69 Å². The Labute approximate surface area is 120 Å². The van der Waals surface area contributed by atoms with Gasteiger partial charge in [0.15, 0.2) is 0 Å². The van der Waals surface area contributed by atoms with Gasteiger partial charge in [0.05, 0.1) is 6.54 Å². The van der Waals surface area contributed by atoms with Gasteiger partial charge in [0.1, 0.15) is 0 Å². The molecule has 0 radical (unpaired) electrons. The Morgan fingerprint density at radius 1 is 1.35 bits per heavy atom. The summed E-state index contributed by atoms with van der Waals surface area (Å²) in [5, 5.41) is 3.29. The molecule has 0 saturated carbocycles. The summed E-state index contributed by atoms with van der Waals surface area (Å²) < 4.78 is 0. The number of para-hydroxylation sites is 1. The molecule has 0 spiro atoms. The van der Waals surface area contributed by atoms with Gasteiger partial charge in [-0.25, -0.2) is 0 Å². The van der Waals surface area contributed by atoms with E-state index in [0.29, 0.717) is 12.6 Å². The molecule has 0 bridgehead atoms. The van der Waals surface area contributed by atoms with E-state index in [-0.39, 0.29) is 5.91 Å². The number of piperidine rings is 1. The summed E-state index contributed by atoms with van der Waals surface area (Å²) in [6.45, 7) is 3.25. The third kappa shape index (κ3) is 2.66. The van der Waals surface area contributed by atoms with Gasteiger partial charge >= 0.3 is 0 Å². The smallest absolute Gasteiger partial charge is 0.242 e. The lowest BCUT2D eigenvalue weighted by molar-refractivity contribution is -0.131. The first kappa shape index (κ1) is 13.4. The minimum absolute atomic E-state index is 0.265. The molecule has 3 rings (SSSR count). The SMILES string of the molecule is CNC1CCCN(C(=O)CN2CCc3ccccc32)C1. The van der Waals surface area contributed by atoms with E-state index in [9.17, 15) is 4.79 Å². The van der Waals surface area contributed by atoms with Gasteiger partial charge in [-0.2, -0.15) is 0 Å². The van der Waals surface area contributed by atoms with Gasteiger partial charge in [0, 0.05) is 31.4 Å². The van der Waals surface area contributed by atoms with Crippen molar-refractivity contribution in [1.82, 2.24) is 10.2 Å². The van der Waals surface area contributed by atoms with Crippen LogP contribution in [0.1, 0.15) is 18.4 Å². The molecule has 1 fully saturated rings. The van der Waals surface area contributed by atoms with E-state index in [1.807, 2.05) is 11.9 Å². The lowest BCUT2D eigenvalue weighted by Gasteiger charge is -2.34. The lowest BCUT2D eigenvalue weighted by atomic mass is 10.1. The van der Waals surface area contributed by atoms with E-state index in [0.717, 1.165) is 32.5 Å². The largest absolute Gasteiger partial charge is 0.362 e. The second-order valence-corrected chi connectivity index (χ2v) is 5.77. The molecule has 0 aliphatic carbocycles. The fourth-order valence-corrected chi connectivity index (χ4v) is 3.27. The van der Waals surface area contributed by atoms with Crippen molar-refractivity contribution < 1.29 is 4.79 Å². The maximum atomic E-state index is 12.5. The zero-order valence-corrected chi connectivity index (χ0v) is 12.1. The fraction of sp³-hybridized carbons (Fsp3) is 0.562. The van der Waals surface area contributed by atoms with Crippen molar-refractivity contribution in [2.24, 2.45) is 0 Å². The zero-order valence-electron chi connectivity index (χ0n) is 12.1. The molecule has 2 heterocycles. The molecule has 1 saturated heterocycles. The number of amides is 1. The van der Waals surface area contributed by atoms with Crippen LogP contribution in [0.3, 0.4) is 0 Å². The van der Waals surface area contributed by atoms with Crippen molar-refractivity contribution in [3.8, 4) is 0 Å². The van der Waals surface area contributed by atoms with Gasteiger partial charge in [-0.3, -0.25) is 4.79 Å². The fourth-order valence-electron chi connectivity index (χ4n) is 3.27. The topological polar surface area (TPSA) is 35.6 Å². The van der Waals surface area contributed by atoms with Crippen LogP contribution in [-0.4, -0.2) is 50.1 Å². The molecule has 4 nitrogen and oxygen atoms in total. The van der Waals surface area contributed by atoms with Gasteiger partial charge in [-0.1, -0.05) is 18.2 Å². The lowest BCUT2D eigenvalue weighted by Crippen LogP contribution is -2.49. The molecule has 1 aromatic rings. The quantitative estimate of drug-likeness (QED) is 0.900. The van der Waals surface area contributed by atoms with Crippen molar-refractivity contribution in [3.05, 3.63) is 29.8 Å². The molecule has 2 aliphatic rings. The van der Waals surface area contributed by atoms with Crippen LogP contribution in [0, 0.1) is 0 Å². The second kappa shape index (κ2) is 5.83. The third-order valence-corrected chi connectivity index (χ3v) is 4.49. The highest BCUT2D eigenvalue weighted by Crippen LogP contribution is 2.27. The Bertz CT molecular complexity index is 488. The molecule has 1 aromatic carbocycles. The van der Waals surface area contributed by atoms with Crippen LogP contribution in [0.2, 0.25) is 0 Å². The molecule has 1 atom stereocenters. The normalized spacial score (nSPS) is 21.9. The molecule has 1 N–H and O–H groups in total. The van der Waals surface area contributed by atoms with Crippen LogP contribution < -0.4 is 10.2 Å². The monoisotopic (exact) mass is 273 g/mol. The Hall–Kier alpha value is -1.55. The predicted molar refractivity (Wildman–Crippen MR) is 81.0 cm³/mol. The number of hydrogen-bond acceptors (Lipinski definition) is 3. The molecule has 108 valence electrons. The van der Waals surface area contributed by atoms with E-state index in [2.05, 4.69) is 34.5 Å². The predicted octanol–water partition coefficient (Wildman–Crippen LogP) is 1.26. The van der Waals surface area contributed by atoms with E-state index < -0.39 is 0 Å². The standard InChI is InChI=1S/C16H23N3O/c1-17-14-6-4-9-19(11-14)16(20)12-18-10-8-13-5-2-3-7-15(13)18/h2-3,5,7,14,17H,4,6,8-12H2,1H3. The van der Waals surface area contributed by atoms with Crippen molar-refractivity contribution in [2.45, 2.75) is 25.3 Å². The number of nitrogens with one attached hydrogen (secondary N) is 1. The summed E-state index contributed by atoms with van der Waals surface area (Å²) in [6, 6.07) is 8.88. The number of carbonyl (C=O) groups excluding carboxylic acids is 1. The Morgan fingerprint density at radius 2 is 2.20 bits per heavy atom. The average Bonchev–Trinajstić information content (AvgIpc) is 2.90. The van der Waals surface area contributed by atoms with E-state index in [1.165, 1.54) is 17.7 Å². The van der Waals surface area contributed by atoms with Gasteiger partial charge in [-0.15, -0.1) is 0 Å². The molecular formula is C16H23N3O. The molecule has 20 heavy (non-hydrogen) atoms. The number of likely N-dealkylation sites (tertiary alicyclic amines) is 1.